The SMILES string of the molecule is CCCCCN(CCC(=O)NCc1ccccn1)C(C)=O. The van der Waals surface area contributed by atoms with Gasteiger partial charge in [-0.2, -0.15) is 0 Å². The van der Waals surface area contributed by atoms with E-state index in [9.17, 15) is 9.59 Å². The molecule has 0 saturated heterocycles. The van der Waals surface area contributed by atoms with Gasteiger partial charge in [0.1, 0.15) is 0 Å². The number of aromatic nitrogens is 1. The third kappa shape index (κ3) is 7.44. The summed E-state index contributed by atoms with van der Waals surface area (Å²) in [5, 5.41) is 2.82. The van der Waals surface area contributed by atoms with Crippen LogP contribution in [0.2, 0.25) is 0 Å². The number of carbonyl (C=O) groups is 2. The van der Waals surface area contributed by atoms with Gasteiger partial charge in [-0.05, 0) is 18.6 Å². The Balaban J connectivity index is 2.27. The van der Waals surface area contributed by atoms with Crippen LogP contribution < -0.4 is 5.32 Å². The second-order valence-corrected chi connectivity index (χ2v) is 5.06. The van der Waals surface area contributed by atoms with Gasteiger partial charge in [0.05, 0.1) is 12.2 Å². The van der Waals surface area contributed by atoms with E-state index in [1.54, 1.807) is 18.0 Å². The Kier molecular flexibility index (Phi) is 8.09. The summed E-state index contributed by atoms with van der Waals surface area (Å²) in [5.74, 6) is -0.0222. The fourth-order valence-corrected chi connectivity index (χ4v) is 2.00. The van der Waals surface area contributed by atoms with Crippen molar-refractivity contribution in [2.24, 2.45) is 0 Å². The van der Waals surface area contributed by atoms with Crippen LogP contribution in [0.5, 0.6) is 0 Å². The van der Waals surface area contributed by atoms with Crippen molar-refractivity contribution in [3.05, 3.63) is 30.1 Å². The predicted octanol–water partition coefficient (Wildman–Crippen LogP) is 2.13. The molecule has 0 bridgehead atoms. The molecule has 0 atom stereocenters. The van der Waals surface area contributed by atoms with Gasteiger partial charge in [-0.15, -0.1) is 0 Å². The molecule has 1 aromatic rings. The molecule has 0 spiro atoms. The molecule has 0 unspecified atom stereocenters. The van der Waals surface area contributed by atoms with E-state index in [2.05, 4.69) is 17.2 Å². The molecule has 21 heavy (non-hydrogen) atoms. The fraction of sp³-hybridized carbons (Fsp3) is 0.562. The first kappa shape index (κ1) is 17.1. The highest BCUT2D eigenvalue weighted by Gasteiger charge is 2.10. The van der Waals surface area contributed by atoms with Crippen molar-refractivity contribution in [1.29, 1.82) is 0 Å². The maximum Gasteiger partial charge on any atom is 0.222 e. The molecule has 0 radical (unpaired) electrons. The lowest BCUT2D eigenvalue weighted by atomic mass is 10.2. The summed E-state index contributed by atoms with van der Waals surface area (Å²) < 4.78 is 0. The molecule has 1 aromatic heterocycles. The van der Waals surface area contributed by atoms with Crippen LogP contribution in [0.25, 0.3) is 0 Å². The van der Waals surface area contributed by atoms with E-state index in [1.807, 2.05) is 18.2 Å². The quantitative estimate of drug-likeness (QED) is 0.709. The van der Waals surface area contributed by atoms with Gasteiger partial charge >= 0.3 is 0 Å². The van der Waals surface area contributed by atoms with Gasteiger partial charge in [0.15, 0.2) is 0 Å². The summed E-state index contributed by atoms with van der Waals surface area (Å²) in [6, 6.07) is 5.60. The smallest absolute Gasteiger partial charge is 0.222 e. The van der Waals surface area contributed by atoms with E-state index >= 15 is 0 Å². The fourth-order valence-electron chi connectivity index (χ4n) is 2.00. The molecule has 0 saturated carbocycles. The molecule has 5 heteroatoms. The van der Waals surface area contributed by atoms with Crippen molar-refractivity contribution in [2.75, 3.05) is 13.1 Å². The monoisotopic (exact) mass is 291 g/mol. The summed E-state index contributed by atoms with van der Waals surface area (Å²) in [5.41, 5.74) is 0.831. The third-order valence-corrected chi connectivity index (χ3v) is 3.28. The average molecular weight is 291 g/mol. The number of carbonyl (C=O) groups excluding carboxylic acids is 2. The lowest BCUT2D eigenvalue weighted by molar-refractivity contribution is -0.129. The Morgan fingerprint density at radius 2 is 2.05 bits per heavy atom. The van der Waals surface area contributed by atoms with E-state index in [4.69, 9.17) is 0 Å². The molecular formula is C16H25N3O2. The number of hydrogen-bond acceptors (Lipinski definition) is 3. The van der Waals surface area contributed by atoms with Gasteiger partial charge in [-0.25, -0.2) is 0 Å². The number of rotatable bonds is 9. The van der Waals surface area contributed by atoms with Crippen molar-refractivity contribution >= 4 is 11.8 Å². The molecule has 1 heterocycles. The van der Waals surface area contributed by atoms with Gasteiger partial charge in [-0.1, -0.05) is 25.8 Å². The van der Waals surface area contributed by atoms with E-state index < -0.39 is 0 Å². The molecule has 0 fully saturated rings. The number of unbranched alkanes of at least 4 members (excludes halogenated alkanes) is 2. The minimum atomic E-state index is -0.0533. The first-order valence-corrected chi connectivity index (χ1v) is 7.55. The second-order valence-electron chi connectivity index (χ2n) is 5.06. The molecule has 0 aliphatic rings. The van der Waals surface area contributed by atoms with Crippen molar-refractivity contribution in [3.63, 3.8) is 0 Å². The van der Waals surface area contributed by atoms with Crippen molar-refractivity contribution in [1.82, 2.24) is 15.2 Å². The minimum absolute atomic E-state index is 0.0311. The first-order chi connectivity index (χ1) is 10.1. The summed E-state index contributed by atoms with van der Waals surface area (Å²) >= 11 is 0. The van der Waals surface area contributed by atoms with Crippen LogP contribution in [-0.4, -0.2) is 34.8 Å². The minimum Gasteiger partial charge on any atom is -0.350 e. The second kappa shape index (κ2) is 9.91. The highest BCUT2D eigenvalue weighted by molar-refractivity contribution is 5.77. The summed E-state index contributed by atoms with van der Waals surface area (Å²) in [6.07, 6.45) is 5.25. The van der Waals surface area contributed by atoms with Gasteiger partial charge < -0.3 is 10.2 Å². The standard InChI is InChI=1S/C16H25N3O2/c1-3-4-7-11-19(14(2)20)12-9-16(21)18-13-15-8-5-6-10-17-15/h5-6,8,10H,3-4,7,9,11-13H2,1-2H3,(H,18,21). The van der Waals surface area contributed by atoms with Gasteiger partial charge in [0.2, 0.25) is 11.8 Å². The zero-order valence-electron chi connectivity index (χ0n) is 13.0. The Hall–Kier alpha value is -1.91. The van der Waals surface area contributed by atoms with E-state index in [-0.39, 0.29) is 11.8 Å². The topological polar surface area (TPSA) is 62.3 Å². The van der Waals surface area contributed by atoms with Crippen LogP contribution in [0.3, 0.4) is 0 Å². The van der Waals surface area contributed by atoms with E-state index in [0.29, 0.717) is 19.5 Å². The van der Waals surface area contributed by atoms with Gasteiger partial charge in [-0.3, -0.25) is 14.6 Å². The number of pyridine rings is 1. The molecule has 2 amide bonds. The van der Waals surface area contributed by atoms with Crippen LogP contribution in [-0.2, 0) is 16.1 Å². The van der Waals surface area contributed by atoms with Gasteiger partial charge in [0.25, 0.3) is 0 Å². The van der Waals surface area contributed by atoms with Crippen LogP contribution in [0.1, 0.15) is 45.2 Å². The van der Waals surface area contributed by atoms with E-state index in [1.165, 1.54) is 0 Å². The highest BCUT2D eigenvalue weighted by atomic mass is 16.2. The van der Waals surface area contributed by atoms with Crippen LogP contribution >= 0.6 is 0 Å². The van der Waals surface area contributed by atoms with Crippen LogP contribution in [0.4, 0.5) is 0 Å². The molecule has 5 nitrogen and oxygen atoms in total. The Morgan fingerprint density at radius 1 is 1.24 bits per heavy atom. The molecule has 116 valence electrons. The normalized spacial score (nSPS) is 10.2. The Morgan fingerprint density at radius 3 is 2.67 bits per heavy atom. The average Bonchev–Trinajstić information content (AvgIpc) is 2.49. The lowest BCUT2D eigenvalue weighted by Crippen LogP contribution is -2.34. The summed E-state index contributed by atoms with van der Waals surface area (Å²) in [6.45, 7) is 5.32. The van der Waals surface area contributed by atoms with Crippen molar-refractivity contribution in [3.8, 4) is 0 Å². The first-order valence-electron chi connectivity index (χ1n) is 7.55. The van der Waals surface area contributed by atoms with Crippen molar-refractivity contribution in [2.45, 2.75) is 46.1 Å². The largest absolute Gasteiger partial charge is 0.350 e. The van der Waals surface area contributed by atoms with Crippen LogP contribution in [0, 0.1) is 0 Å². The number of nitrogens with one attached hydrogen (secondary N) is 1. The third-order valence-electron chi connectivity index (χ3n) is 3.28. The lowest BCUT2D eigenvalue weighted by Gasteiger charge is -2.20. The van der Waals surface area contributed by atoms with E-state index in [0.717, 1.165) is 31.5 Å². The number of hydrogen-bond donors (Lipinski definition) is 1. The summed E-state index contributed by atoms with van der Waals surface area (Å²) in [4.78, 5) is 29.2. The van der Waals surface area contributed by atoms with Gasteiger partial charge in [0, 0.05) is 32.6 Å². The number of nitrogens with zero attached hydrogens (tertiary/aromatic N) is 2. The maximum atomic E-state index is 11.8. The molecular weight excluding hydrogens is 266 g/mol. The van der Waals surface area contributed by atoms with Crippen LogP contribution in [0.15, 0.2) is 24.4 Å². The zero-order valence-corrected chi connectivity index (χ0v) is 13.0. The predicted molar refractivity (Wildman–Crippen MR) is 82.5 cm³/mol. The molecule has 0 aliphatic carbocycles. The molecule has 0 aliphatic heterocycles. The van der Waals surface area contributed by atoms with Crippen molar-refractivity contribution < 1.29 is 9.59 Å². The molecule has 1 rings (SSSR count). The Bertz CT molecular complexity index is 434. The molecule has 0 aromatic carbocycles. The summed E-state index contributed by atoms with van der Waals surface area (Å²) in [7, 11) is 0. The Labute approximate surface area is 126 Å². The zero-order chi connectivity index (χ0) is 15.5. The maximum absolute atomic E-state index is 11.8. The molecule has 1 N–H and O–H groups in total. The number of amides is 2. The highest BCUT2D eigenvalue weighted by Crippen LogP contribution is 2.01.